The second-order valence-corrected chi connectivity index (χ2v) is 6.97. The number of hydrogen-bond acceptors (Lipinski definition) is 2. The zero-order chi connectivity index (χ0) is 11.9. The van der Waals surface area contributed by atoms with Gasteiger partial charge in [-0.2, -0.15) is 0 Å². The Bertz CT molecular complexity index is 278. The van der Waals surface area contributed by atoms with Crippen LogP contribution in [0.3, 0.4) is 0 Å². The number of fused-ring (bicyclic) bond motifs is 2. The first-order valence-electron chi connectivity index (χ1n) is 5.47. The molecule has 1 unspecified atom stereocenters. The van der Waals surface area contributed by atoms with Gasteiger partial charge in [-0.15, -0.1) is 0 Å². The topological polar surface area (TPSA) is 32.3 Å². The quantitative estimate of drug-likeness (QED) is 0.748. The average molecular weight is 286 g/mol. The Morgan fingerprint density at radius 1 is 1.25 bits per heavy atom. The van der Waals surface area contributed by atoms with Crippen molar-refractivity contribution >= 4 is 40.7 Å². The molecule has 2 aliphatic rings. The summed E-state index contributed by atoms with van der Waals surface area (Å²) in [6.45, 7) is 0. The first-order valence-corrected chi connectivity index (χ1v) is 6.61. The summed E-state index contributed by atoms with van der Waals surface area (Å²) in [6.07, 6.45) is 4.33. The van der Waals surface area contributed by atoms with Gasteiger partial charge >= 0.3 is 0 Å². The Balaban J connectivity index is 1.92. The average Bonchev–Trinajstić information content (AvgIpc) is 2.41. The number of amides is 1. The molecule has 6 heteroatoms. The molecular weight excluding hydrogens is 270 g/mol. The molecule has 2 saturated heterocycles. The zero-order valence-electron chi connectivity index (χ0n) is 9.05. The fraction of sp³-hybridized carbons (Fsp3) is 0.900. The number of carbonyl (C=O) groups excluding carboxylic acids is 1. The van der Waals surface area contributed by atoms with E-state index >= 15 is 0 Å². The Kier molecular flexibility index (Phi) is 3.60. The Morgan fingerprint density at radius 2 is 1.75 bits per heavy atom. The molecule has 0 radical (unpaired) electrons. The van der Waals surface area contributed by atoms with Gasteiger partial charge in [-0.25, -0.2) is 0 Å². The van der Waals surface area contributed by atoms with Crippen LogP contribution in [0, 0.1) is 0 Å². The third-order valence-corrected chi connectivity index (χ3v) is 4.21. The van der Waals surface area contributed by atoms with Gasteiger partial charge < -0.3 is 10.2 Å². The molecule has 1 N–H and O–H groups in total. The molecule has 3 nitrogen and oxygen atoms in total. The van der Waals surface area contributed by atoms with Crippen LogP contribution in [0.25, 0.3) is 0 Å². The minimum Gasteiger partial charge on any atom is -0.350 e. The van der Waals surface area contributed by atoms with Crippen LogP contribution in [0.1, 0.15) is 25.7 Å². The first kappa shape index (κ1) is 12.7. The van der Waals surface area contributed by atoms with Crippen molar-refractivity contribution in [2.75, 3.05) is 7.05 Å². The monoisotopic (exact) mass is 284 g/mol. The van der Waals surface area contributed by atoms with E-state index in [1.165, 1.54) is 12.8 Å². The largest absolute Gasteiger partial charge is 0.350 e. The minimum atomic E-state index is -1.84. The van der Waals surface area contributed by atoms with E-state index in [9.17, 15) is 4.79 Å². The molecule has 2 fully saturated rings. The van der Waals surface area contributed by atoms with E-state index in [4.69, 9.17) is 34.8 Å². The van der Waals surface area contributed by atoms with E-state index in [2.05, 4.69) is 17.3 Å². The summed E-state index contributed by atoms with van der Waals surface area (Å²) in [5.74, 6) is -0.508. The first-order chi connectivity index (χ1) is 7.38. The molecule has 1 amide bonds. The molecule has 0 aromatic rings. The predicted molar refractivity (Wildman–Crippen MR) is 66.0 cm³/mol. The molecule has 2 bridgehead atoms. The summed E-state index contributed by atoms with van der Waals surface area (Å²) in [4.78, 5) is 13.9. The highest BCUT2D eigenvalue weighted by Crippen LogP contribution is 2.35. The lowest BCUT2D eigenvalue weighted by Gasteiger charge is -2.36. The van der Waals surface area contributed by atoms with Gasteiger partial charge in [-0.05, 0) is 32.7 Å². The zero-order valence-corrected chi connectivity index (χ0v) is 11.3. The van der Waals surface area contributed by atoms with Crippen LogP contribution in [0.2, 0.25) is 0 Å². The van der Waals surface area contributed by atoms with Gasteiger partial charge in [0.25, 0.3) is 9.70 Å². The number of hydrogen-bond donors (Lipinski definition) is 1. The van der Waals surface area contributed by atoms with Crippen LogP contribution in [-0.4, -0.2) is 39.8 Å². The highest BCUT2D eigenvalue weighted by molar-refractivity contribution is 6.76. The fourth-order valence-electron chi connectivity index (χ4n) is 2.80. The molecule has 0 aromatic carbocycles. The molecule has 2 aliphatic heterocycles. The molecule has 3 atom stereocenters. The Morgan fingerprint density at radius 3 is 2.19 bits per heavy atom. The maximum Gasteiger partial charge on any atom is 0.272 e. The van der Waals surface area contributed by atoms with Crippen LogP contribution in [-0.2, 0) is 4.79 Å². The fourth-order valence-corrected chi connectivity index (χ4v) is 2.96. The number of nitrogens with zero attached hydrogens (tertiary/aromatic N) is 1. The molecule has 0 saturated carbocycles. The van der Waals surface area contributed by atoms with Crippen molar-refractivity contribution in [1.82, 2.24) is 10.2 Å². The summed E-state index contributed by atoms with van der Waals surface area (Å²) in [6, 6.07) is 1.29. The third kappa shape index (κ3) is 2.58. The van der Waals surface area contributed by atoms with Crippen LogP contribution >= 0.6 is 34.8 Å². The summed E-state index contributed by atoms with van der Waals surface area (Å²) in [5.41, 5.74) is 0. The molecule has 2 rings (SSSR count). The number of nitrogens with one attached hydrogen (secondary N) is 1. The minimum absolute atomic E-state index is 0.150. The van der Waals surface area contributed by atoms with Crippen molar-refractivity contribution in [3.63, 3.8) is 0 Å². The Labute approximate surface area is 110 Å². The van der Waals surface area contributed by atoms with Gasteiger partial charge in [0, 0.05) is 18.1 Å². The maximum absolute atomic E-state index is 11.5. The van der Waals surface area contributed by atoms with Crippen LogP contribution in [0.15, 0.2) is 0 Å². The van der Waals surface area contributed by atoms with Gasteiger partial charge in [0.05, 0.1) is 0 Å². The van der Waals surface area contributed by atoms with E-state index in [0.717, 1.165) is 12.8 Å². The van der Waals surface area contributed by atoms with E-state index in [1.807, 2.05) is 0 Å². The second kappa shape index (κ2) is 4.52. The molecule has 0 spiro atoms. The van der Waals surface area contributed by atoms with Crippen LogP contribution in [0.5, 0.6) is 0 Å². The third-order valence-electron chi connectivity index (χ3n) is 3.69. The summed E-state index contributed by atoms with van der Waals surface area (Å²) < 4.78 is -1.84. The van der Waals surface area contributed by atoms with Crippen LogP contribution in [0.4, 0.5) is 0 Å². The van der Waals surface area contributed by atoms with Crippen molar-refractivity contribution in [2.45, 2.75) is 47.6 Å². The van der Waals surface area contributed by atoms with Crippen molar-refractivity contribution in [3.8, 4) is 0 Å². The van der Waals surface area contributed by atoms with Gasteiger partial charge in [0.1, 0.15) is 0 Å². The van der Waals surface area contributed by atoms with Crippen LogP contribution < -0.4 is 5.32 Å². The summed E-state index contributed by atoms with van der Waals surface area (Å²) >= 11 is 16.6. The lowest BCUT2D eigenvalue weighted by Crippen LogP contribution is -2.50. The van der Waals surface area contributed by atoms with Gasteiger partial charge in [-0.1, -0.05) is 34.8 Å². The smallest absolute Gasteiger partial charge is 0.272 e. The lowest BCUT2D eigenvalue weighted by atomic mass is 9.98. The van der Waals surface area contributed by atoms with E-state index in [-0.39, 0.29) is 6.04 Å². The normalized spacial score (nSPS) is 35.1. The van der Waals surface area contributed by atoms with Crippen molar-refractivity contribution in [3.05, 3.63) is 0 Å². The molecule has 0 aliphatic carbocycles. The number of halogens is 3. The summed E-state index contributed by atoms with van der Waals surface area (Å²) in [7, 11) is 2.15. The van der Waals surface area contributed by atoms with E-state index in [1.54, 1.807) is 0 Å². The number of carbonyl (C=O) groups is 1. The second-order valence-electron chi connectivity index (χ2n) is 4.69. The molecule has 0 aromatic heterocycles. The molecule has 2 heterocycles. The van der Waals surface area contributed by atoms with E-state index in [0.29, 0.717) is 12.1 Å². The standard InChI is InChI=1S/C10H15Cl3N2O/c1-15-7-2-3-8(15)5-6(4-7)14-9(16)10(11,12)13/h6-8H,2-5H2,1H3,(H,14,16)/t6?,7-,8+. The molecular formula is C10H15Cl3N2O. The highest BCUT2D eigenvalue weighted by atomic mass is 35.6. The molecule has 16 heavy (non-hydrogen) atoms. The highest BCUT2D eigenvalue weighted by Gasteiger charge is 2.40. The summed E-state index contributed by atoms with van der Waals surface area (Å²) in [5, 5.41) is 2.82. The number of piperidine rings is 1. The maximum atomic E-state index is 11.5. The van der Waals surface area contributed by atoms with Gasteiger partial charge in [-0.3, -0.25) is 4.79 Å². The Hall–Kier alpha value is 0.300. The number of alkyl halides is 3. The van der Waals surface area contributed by atoms with E-state index < -0.39 is 9.70 Å². The molecule has 92 valence electrons. The van der Waals surface area contributed by atoms with Gasteiger partial charge in [0.15, 0.2) is 0 Å². The van der Waals surface area contributed by atoms with Crippen molar-refractivity contribution < 1.29 is 4.79 Å². The van der Waals surface area contributed by atoms with Gasteiger partial charge in [0.2, 0.25) is 0 Å². The lowest BCUT2D eigenvalue weighted by molar-refractivity contribution is -0.121. The van der Waals surface area contributed by atoms with Crippen molar-refractivity contribution in [2.24, 2.45) is 0 Å². The predicted octanol–water partition coefficient (Wildman–Crippen LogP) is 2.10. The number of rotatable bonds is 1. The van der Waals surface area contributed by atoms with Crippen molar-refractivity contribution in [1.29, 1.82) is 0 Å². The SMILES string of the molecule is CN1[C@@H]2CC[C@H]1CC(NC(=O)C(Cl)(Cl)Cl)C2.